The predicted octanol–water partition coefficient (Wildman–Crippen LogP) is 1.87. The van der Waals surface area contributed by atoms with E-state index in [-0.39, 0.29) is 60.4 Å². The Morgan fingerprint density at radius 1 is 1.18 bits per heavy atom. The zero-order valence-electron chi connectivity index (χ0n) is 20.8. The number of benzene rings is 2. The Balaban J connectivity index is 1.65. The van der Waals surface area contributed by atoms with Crippen LogP contribution < -0.4 is 15.4 Å². The van der Waals surface area contributed by atoms with Gasteiger partial charge in [0.05, 0.1) is 22.6 Å². The van der Waals surface area contributed by atoms with Crippen LogP contribution in [0.15, 0.2) is 42.5 Å². The molecule has 3 amide bonds. The first-order chi connectivity index (χ1) is 18.2. The van der Waals surface area contributed by atoms with E-state index in [1.807, 2.05) is 0 Å². The highest BCUT2D eigenvalue weighted by Crippen LogP contribution is 2.26. The monoisotopic (exact) mass is 525 g/mol. The van der Waals surface area contributed by atoms with Crippen LogP contribution in [0.3, 0.4) is 0 Å². The van der Waals surface area contributed by atoms with Gasteiger partial charge < -0.3 is 30.0 Å². The fraction of sp³-hybridized carbons (Fsp3) is 0.320. The number of non-ortho nitro benzene ring substituents is 1. The van der Waals surface area contributed by atoms with Crippen molar-refractivity contribution in [3.63, 3.8) is 0 Å². The zero-order chi connectivity index (χ0) is 27.8. The minimum absolute atomic E-state index is 0.0475. The summed E-state index contributed by atoms with van der Waals surface area (Å²) in [7, 11) is 2.90. The molecule has 2 aromatic carbocycles. The summed E-state index contributed by atoms with van der Waals surface area (Å²) >= 11 is 0. The van der Waals surface area contributed by atoms with E-state index in [0.29, 0.717) is 18.3 Å². The van der Waals surface area contributed by atoms with Gasteiger partial charge in [-0.05, 0) is 24.6 Å². The fourth-order valence-corrected chi connectivity index (χ4v) is 3.85. The van der Waals surface area contributed by atoms with Gasteiger partial charge in [0.15, 0.2) is 6.29 Å². The Labute approximate surface area is 217 Å². The number of nitro groups is 1. The fourth-order valence-electron chi connectivity index (χ4n) is 3.85. The summed E-state index contributed by atoms with van der Waals surface area (Å²) < 4.78 is 5.24. The maximum Gasteiger partial charge on any atom is 0.415 e. The van der Waals surface area contributed by atoms with Crippen molar-refractivity contribution in [2.24, 2.45) is 0 Å². The average molecular weight is 526 g/mol. The van der Waals surface area contributed by atoms with Gasteiger partial charge in [-0.25, -0.2) is 4.79 Å². The first-order valence-electron chi connectivity index (χ1n) is 11.7. The highest BCUT2D eigenvalue weighted by atomic mass is 16.6. The van der Waals surface area contributed by atoms with Gasteiger partial charge in [-0.3, -0.25) is 24.5 Å². The van der Waals surface area contributed by atoms with Crippen molar-refractivity contribution >= 4 is 41.9 Å². The van der Waals surface area contributed by atoms with Gasteiger partial charge in [-0.2, -0.15) is 0 Å². The standard InChI is InChI=1S/C25H27N5O8/c1-26-22(33)11-8-19(15-32)28(2)24(34)23-16(14-31)4-3-5-21(23)27-17-12-29(13-17)25(35)38-20-9-6-18(7-10-20)30(36)37/h3-7,9-10,14-15,17,19,27H,8,11-13H2,1-2H3,(H,26,33). The van der Waals surface area contributed by atoms with Crippen LogP contribution in [0.2, 0.25) is 0 Å². The zero-order valence-corrected chi connectivity index (χ0v) is 20.8. The average Bonchev–Trinajstić information content (AvgIpc) is 2.89. The van der Waals surface area contributed by atoms with Crippen LogP contribution in [-0.2, 0) is 9.59 Å². The maximum absolute atomic E-state index is 13.3. The second-order valence-corrected chi connectivity index (χ2v) is 8.58. The molecule has 0 aliphatic carbocycles. The molecule has 1 atom stereocenters. The molecule has 0 spiro atoms. The molecule has 1 aliphatic heterocycles. The number of likely N-dealkylation sites (tertiary alicyclic amines) is 1. The molecular formula is C25H27N5O8. The summed E-state index contributed by atoms with van der Waals surface area (Å²) in [5.41, 5.74) is 0.425. The van der Waals surface area contributed by atoms with E-state index < -0.39 is 23.0 Å². The van der Waals surface area contributed by atoms with E-state index in [0.717, 1.165) is 0 Å². The quantitative estimate of drug-likeness (QED) is 0.253. The molecule has 3 rings (SSSR count). The molecule has 1 unspecified atom stereocenters. The number of rotatable bonds is 11. The van der Waals surface area contributed by atoms with Crippen LogP contribution >= 0.6 is 0 Å². The molecule has 1 fully saturated rings. The highest BCUT2D eigenvalue weighted by Gasteiger charge is 2.34. The van der Waals surface area contributed by atoms with E-state index in [4.69, 9.17) is 4.74 Å². The largest absolute Gasteiger partial charge is 0.415 e. The van der Waals surface area contributed by atoms with Crippen LogP contribution in [-0.4, -0.2) is 84.5 Å². The third-order valence-electron chi connectivity index (χ3n) is 6.11. The molecular weight excluding hydrogens is 498 g/mol. The van der Waals surface area contributed by atoms with Crippen LogP contribution in [0.4, 0.5) is 16.2 Å². The number of nitro benzene ring substituents is 1. The number of likely N-dealkylation sites (N-methyl/N-ethyl adjacent to an activating group) is 1. The lowest BCUT2D eigenvalue weighted by molar-refractivity contribution is -0.384. The number of hydrogen-bond donors (Lipinski definition) is 2. The third kappa shape index (κ3) is 6.49. The molecule has 1 aliphatic rings. The summed E-state index contributed by atoms with van der Waals surface area (Å²) in [6.07, 6.45) is 0.649. The first-order valence-corrected chi connectivity index (χ1v) is 11.7. The molecule has 0 aromatic heterocycles. The summed E-state index contributed by atoms with van der Waals surface area (Å²) in [5.74, 6) is -0.680. The molecule has 1 saturated heterocycles. The molecule has 0 bridgehead atoms. The van der Waals surface area contributed by atoms with Crippen molar-refractivity contribution in [2.45, 2.75) is 24.9 Å². The van der Waals surface area contributed by atoms with E-state index >= 15 is 0 Å². The number of amides is 3. The molecule has 0 saturated carbocycles. The van der Waals surface area contributed by atoms with Gasteiger partial charge >= 0.3 is 6.09 Å². The smallest absolute Gasteiger partial charge is 0.410 e. The molecule has 1 heterocycles. The number of nitrogens with zero attached hydrogens (tertiary/aromatic N) is 3. The summed E-state index contributed by atoms with van der Waals surface area (Å²) in [5, 5.41) is 16.4. The van der Waals surface area contributed by atoms with Crippen molar-refractivity contribution in [1.29, 1.82) is 0 Å². The van der Waals surface area contributed by atoms with Crippen LogP contribution in [0, 0.1) is 10.1 Å². The number of hydrogen-bond acceptors (Lipinski definition) is 9. The molecule has 2 aromatic rings. The number of nitrogens with one attached hydrogen (secondary N) is 2. The van der Waals surface area contributed by atoms with Gasteiger partial charge in [0, 0.05) is 57.0 Å². The van der Waals surface area contributed by atoms with Crippen molar-refractivity contribution in [1.82, 2.24) is 15.1 Å². The van der Waals surface area contributed by atoms with Crippen molar-refractivity contribution < 1.29 is 33.6 Å². The normalized spacial score (nSPS) is 13.5. The summed E-state index contributed by atoms with van der Waals surface area (Å²) in [6, 6.07) is 8.68. The minimum Gasteiger partial charge on any atom is -0.410 e. The lowest BCUT2D eigenvalue weighted by Gasteiger charge is -2.39. The molecule has 200 valence electrons. The predicted molar refractivity (Wildman–Crippen MR) is 135 cm³/mol. The molecule has 13 heteroatoms. The lowest BCUT2D eigenvalue weighted by Crippen LogP contribution is -2.57. The topological polar surface area (TPSA) is 168 Å². The number of ether oxygens (including phenoxy) is 1. The Bertz CT molecular complexity index is 1230. The number of aldehydes is 2. The molecule has 2 N–H and O–H groups in total. The van der Waals surface area contributed by atoms with E-state index in [1.54, 1.807) is 12.1 Å². The Kier molecular flexibility index (Phi) is 9.09. The molecule has 38 heavy (non-hydrogen) atoms. The Morgan fingerprint density at radius 2 is 1.87 bits per heavy atom. The minimum atomic E-state index is -0.874. The maximum atomic E-state index is 13.3. The first kappa shape index (κ1) is 27.8. The number of anilines is 1. The SMILES string of the molecule is CNC(=O)CCC(C=O)N(C)C(=O)c1c(C=O)cccc1NC1CN(C(=O)Oc2ccc([N+](=O)[O-])cc2)C1. The Hall–Kier alpha value is -4.81. The summed E-state index contributed by atoms with van der Waals surface area (Å²) in [6.45, 7) is 0.480. The van der Waals surface area contributed by atoms with Crippen molar-refractivity contribution in [2.75, 3.05) is 32.5 Å². The van der Waals surface area contributed by atoms with Crippen molar-refractivity contribution in [3.8, 4) is 5.75 Å². The van der Waals surface area contributed by atoms with Crippen LogP contribution in [0.1, 0.15) is 33.6 Å². The second-order valence-electron chi connectivity index (χ2n) is 8.58. The van der Waals surface area contributed by atoms with Gasteiger partial charge in [0.2, 0.25) is 5.91 Å². The van der Waals surface area contributed by atoms with Crippen LogP contribution in [0.5, 0.6) is 5.75 Å². The van der Waals surface area contributed by atoms with E-state index in [1.165, 1.54) is 54.2 Å². The molecule has 13 nitrogen and oxygen atoms in total. The van der Waals surface area contributed by atoms with Crippen molar-refractivity contribution in [3.05, 3.63) is 63.7 Å². The number of carbonyl (C=O) groups is 5. The number of carbonyl (C=O) groups excluding carboxylic acids is 5. The van der Waals surface area contributed by atoms with E-state index in [2.05, 4.69) is 10.6 Å². The highest BCUT2D eigenvalue weighted by molar-refractivity contribution is 6.06. The second kappa shape index (κ2) is 12.4. The van der Waals surface area contributed by atoms with Gasteiger partial charge in [0.25, 0.3) is 11.6 Å². The summed E-state index contributed by atoms with van der Waals surface area (Å²) in [4.78, 5) is 73.4. The molecule has 0 radical (unpaired) electrons. The third-order valence-corrected chi connectivity index (χ3v) is 6.11. The van der Waals surface area contributed by atoms with Gasteiger partial charge in [-0.15, -0.1) is 0 Å². The Morgan fingerprint density at radius 3 is 2.45 bits per heavy atom. The van der Waals surface area contributed by atoms with Gasteiger partial charge in [0.1, 0.15) is 12.0 Å². The van der Waals surface area contributed by atoms with Gasteiger partial charge in [-0.1, -0.05) is 12.1 Å². The van der Waals surface area contributed by atoms with Crippen LogP contribution in [0.25, 0.3) is 0 Å². The lowest BCUT2D eigenvalue weighted by atomic mass is 10.0. The van der Waals surface area contributed by atoms with E-state index in [9.17, 15) is 34.1 Å².